The van der Waals surface area contributed by atoms with Crippen LogP contribution in [0.2, 0.25) is 0 Å². The van der Waals surface area contributed by atoms with Crippen molar-refractivity contribution in [3.63, 3.8) is 0 Å². The minimum Gasteiger partial charge on any atom is -0.352 e. The molecular weight excluding hydrogens is 370 g/mol. The quantitative estimate of drug-likeness (QED) is 0.657. The van der Waals surface area contributed by atoms with E-state index in [4.69, 9.17) is 0 Å². The van der Waals surface area contributed by atoms with E-state index in [1.807, 2.05) is 35.8 Å². The summed E-state index contributed by atoms with van der Waals surface area (Å²) in [7, 11) is 0. The summed E-state index contributed by atoms with van der Waals surface area (Å²) in [6, 6.07) is 9.24. The topological polar surface area (TPSA) is 107 Å². The molecule has 29 heavy (non-hydrogen) atoms. The van der Waals surface area contributed by atoms with Crippen LogP contribution in [0.15, 0.2) is 42.7 Å². The van der Waals surface area contributed by atoms with Crippen molar-refractivity contribution in [1.29, 1.82) is 0 Å². The first-order chi connectivity index (χ1) is 14.1. The van der Waals surface area contributed by atoms with E-state index < -0.39 is 0 Å². The molecule has 1 aromatic carbocycles. The Morgan fingerprint density at radius 3 is 2.97 bits per heavy atom. The summed E-state index contributed by atoms with van der Waals surface area (Å²) in [5, 5.41) is 18.1. The molecule has 0 radical (unpaired) electrons. The lowest BCUT2D eigenvalue weighted by Crippen LogP contribution is -2.36. The molecule has 2 N–H and O–H groups in total. The summed E-state index contributed by atoms with van der Waals surface area (Å²) in [5.74, 6) is 1.57. The molecule has 1 aliphatic rings. The number of nitrogens with zero attached hydrogens (tertiary/aromatic N) is 5. The second-order valence-corrected chi connectivity index (χ2v) is 7.18. The lowest BCUT2D eigenvalue weighted by molar-refractivity contribution is -0.126. The Morgan fingerprint density at radius 2 is 2.14 bits per heavy atom. The Bertz CT molecular complexity index is 1010. The standard InChI is InChI=1S/C20H23N7O2/c1-14-24-25-18-7-6-16(12-27(14)18)20(29)21-11-15-4-2-5-17(10-15)23-19(28)13-26-9-3-8-22-26/h2-5,8-10,16H,6-7,11-13H2,1H3,(H,21,29)(H,23,28). The molecule has 0 bridgehead atoms. The summed E-state index contributed by atoms with van der Waals surface area (Å²) < 4.78 is 3.58. The fraction of sp³-hybridized carbons (Fsp3) is 0.350. The van der Waals surface area contributed by atoms with E-state index in [-0.39, 0.29) is 24.3 Å². The number of rotatable bonds is 6. The van der Waals surface area contributed by atoms with Crippen molar-refractivity contribution in [3.8, 4) is 0 Å². The summed E-state index contributed by atoms with van der Waals surface area (Å²) in [5.41, 5.74) is 1.61. The molecule has 0 aliphatic carbocycles. The van der Waals surface area contributed by atoms with E-state index in [9.17, 15) is 9.59 Å². The fourth-order valence-electron chi connectivity index (χ4n) is 3.51. The zero-order valence-corrected chi connectivity index (χ0v) is 16.2. The number of benzene rings is 1. The third-order valence-electron chi connectivity index (χ3n) is 5.04. The number of hydrogen-bond donors (Lipinski definition) is 2. The number of aromatic nitrogens is 5. The minimum atomic E-state index is -0.155. The Morgan fingerprint density at radius 1 is 1.24 bits per heavy atom. The van der Waals surface area contributed by atoms with Gasteiger partial charge in [-0.25, -0.2) is 0 Å². The van der Waals surface area contributed by atoms with Crippen LogP contribution in [0.25, 0.3) is 0 Å². The highest BCUT2D eigenvalue weighted by Crippen LogP contribution is 2.20. The van der Waals surface area contributed by atoms with Gasteiger partial charge in [0.05, 0.1) is 5.92 Å². The number of hydrogen-bond acceptors (Lipinski definition) is 5. The van der Waals surface area contributed by atoms with Gasteiger partial charge in [0.15, 0.2) is 0 Å². The van der Waals surface area contributed by atoms with Gasteiger partial charge in [0, 0.05) is 37.6 Å². The number of nitrogens with one attached hydrogen (secondary N) is 2. The number of amides is 2. The molecule has 0 saturated heterocycles. The number of carbonyl (C=O) groups excluding carboxylic acids is 2. The van der Waals surface area contributed by atoms with E-state index in [1.165, 1.54) is 0 Å². The predicted molar refractivity (Wildman–Crippen MR) is 106 cm³/mol. The molecular formula is C20H23N7O2. The molecule has 3 heterocycles. The third-order valence-corrected chi connectivity index (χ3v) is 5.04. The van der Waals surface area contributed by atoms with E-state index in [0.29, 0.717) is 18.8 Å². The van der Waals surface area contributed by atoms with Crippen LogP contribution in [0.5, 0.6) is 0 Å². The van der Waals surface area contributed by atoms with Gasteiger partial charge in [0.1, 0.15) is 18.2 Å². The van der Waals surface area contributed by atoms with Crippen molar-refractivity contribution in [2.75, 3.05) is 5.32 Å². The van der Waals surface area contributed by atoms with E-state index in [2.05, 4.69) is 25.9 Å². The second kappa shape index (κ2) is 8.26. The Labute approximate surface area is 168 Å². The van der Waals surface area contributed by atoms with Gasteiger partial charge >= 0.3 is 0 Å². The SMILES string of the molecule is Cc1nnc2n1CC(C(=O)NCc1cccc(NC(=O)Cn3cccn3)c1)CC2. The lowest BCUT2D eigenvalue weighted by atomic mass is 9.98. The summed E-state index contributed by atoms with van der Waals surface area (Å²) in [6.07, 6.45) is 4.90. The normalized spacial score (nSPS) is 15.6. The maximum atomic E-state index is 12.6. The third kappa shape index (κ3) is 4.50. The smallest absolute Gasteiger partial charge is 0.246 e. The van der Waals surface area contributed by atoms with Crippen LogP contribution in [0.1, 0.15) is 23.6 Å². The van der Waals surface area contributed by atoms with Gasteiger partial charge in [-0.2, -0.15) is 5.10 Å². The van der Waals surface area contributed by atoms with E-state index >= 15 is 0 Å². The monoisotopic (exact) mass is 393 g/mol. The van der Waals surface area contributed by atoms with Crippen LogP contribution >= 0.6 is 0 Å². The Hall–Kier alpha value is -3.49. The number of fused-ring (bicyclic) bond motifs is 1. The molecule has 1 unspecified atom stereocenters. The van der Waals surface area contributed by atoms with Crippen LogP contribution < -0.4 is 10.6 Å². The first-order valence-corrected chi connectivity index (χ1v) is 9.61. The average molecular weight is 393 g/mol. The molecule has 2 aromatic heterocycles. The average Bonchev–Trinajstić information content (AvgIpc) is 3.36. The van der Waals surface area contributed by atoms with Gasteiger partial charge in [-0.3, -0.25) is 14.3 Å². The zero-order valence-electron chi connectivity index (χ0n) is 16.2. The van der Waals surface area contributed by atoms with Crippen molar-refractivity contribution >= 4 is 17.5 Å². The number of aryl methyl sites for hydroxylation is 2. The second-order valence-electron chi connectivity index (χ2n) is 7.18. The van der Waals surface area contributed by atoms with Crippen molar-refractivity contribution in [2.45, 2.75) is 39.4 Å². The number of anilines is 1. The molecule has 0 saturated carbocycles. The molecule has 3 aromatic rings. The molecule has 0 fully saturated rings. The predicted octanol–water partition coefficient (Wildman–Crippen LogP) is 1.30. The molecule has 0 spiro atoms. The van der Waals surface area contributed by atoms with Crippen molar-refractivity contribution in [2.24, 2.45) is 5.92 Å². The lowest BCUT2D eigenvalue weighted by Gasteiger charge is -2.23. The van der Waals surface area contributed by atoms with Crippen LogP contribution in [0.4, 0.5) is 5.69 Å². The summed E-state index contributed by atoms with van der Waals surface area (Å²) in [4.78, 5) is 24.7. The molecule has 9 nitrogen and oxygen atoms in total. The van der Waals surface area contributed by atoms with Gasteiger partial charge in [0.2, 0.25) is 11.8 Å². The van der Waals surface area contributed by atoms with Crippen molar-refractivity contribution in [3.05, 3.63) is 59.9 Å². The largest absolute Gasteiger partial charge is 0.352 e. The molecule has 1 aliphatic heterocycles. The van der Waals surface area contributed by atoms with Gasteiger partial charge in [-0.05, 0) is 37.1 Å². The maximum Gasteiger partial charge on any atom is 0.246 e. The van der Waals surface area contributed by atoms with Gasteiger partial charge in [0.25, 0.3) is 0 Å². The van der Waals surface area contributed by atoms with Gasteiger partial charge < -0.3 is 15.2 Å². The van der Waals surface area contributed by atoms with Gasteiger partial charge in [-0.1, -0.05) is 12.1 Å². The van der Waals surface area contributed by atoms with Crippen LogP contribution in [0.3, 0.4) is 0 Å². The molecule has 150 valence electrons. The maximum absolute atomic E-state index is 12.6. The molecule has 4 rings (SSSR count). The Balaban J connectivity index is 1.31. The van der Waals surface area contributed by atoms with Crippen LogP contribution in [-0.4, -0.2) is 36.4 Å². The summed E-state index contributed by atoms with van der Waals surface area (Å²) >= 11 is 0. The van der Waals surface area contributed by atoms with Crippen LogP contribution in [0, 0.1) is 12.8 Å². The summed E-state index contributed by atoms with van der Waals surface area (Å²) in [6.45, 7) is 3.08. The highest BCUT2D eigenvalue weighted by molar-refractivity contribution is 5.90. The first kappa shape index (κ1) is 18.9. The van der Waals surface area contributed by atoms with Crippen molar-refractivity contribution in [1.82, 2.24) is 29.9 Å². The first-order valence-electron chi connectivity index (χ1n) is 9.61. The fourth-order valence-corrected chi connectivity index (χ4v) is 3.51. The van der Waals surface area contributed by atoms with Crippen molar-refractivity contribution < 1.29 is 9.59 Å². The van der Waals surface area contributed by atoms with E-state index in [0.717, 1.165) is 30.1 Å². The molecule has 2 amide bonds. The minimum absolute atomic E-state index is 0.0249. The highest BCUT2D eigenvalue weighted by Gasteiger charge is 2.26. The molecule has 9 heteroatoms. The molecule has 1 atom stereocenters. The number of carbonyl (C=O) groups is 2. The van der Waals surface area contributed by atoms with E-state index in [1.54, 1.807) is 23.1 Å². The Kier molecular flexibility index (Phi) is 5.37. The van der Waals surface area contributed by atoms with Crippen LogP contribution in [-0.2, 0) is 35.6 Å². The van der Waals surface area contributed by atoms with Gasteiger partial charge in [-0.15, -0.1) is 10.2 Å². The highest BCUT2D eigenvalue weighted by atomic mass is 16.2. The zero-order chi connectivity index (χ0) is 20.2.